The van der Waals surface area contributed by atoms with Gasteiger partial charge in [-0.15, -0.1) is 0 Å². The maximum Gasteiger partial charge on any atom is 0.0191 e. The smallest absolute Gasteiger partial charge is 0.0191 e. The Bertz CT molecular complexity index is 258. The topological polar surface area (TPSA) is 18.5 Å². The summed E-state index contributed by atoms with van der Waals surface area (Å²) in [5.74, 6) is 0.856. The highest BCUT2D eigenvalue weighted by Crippen LogP contribution is 2.22. The first-order valence-corrected chi connectivity index (χ1v) is 7.60. The molecule has 0 amide bonds. The van der Waals surface area contributed by atoms with Gasteiger partial charge >= 0.3 is 0 Å². The number of piperidine rings is 1. The molecule has 1 atom stereocenters. The second-order valence-corrected chi connectivity index (χ2v) is 5.88. The van der Waals surface area contributed by atoms with Gasteiger partial charge in [0.2, 0.25) is 0 Å². The van der Waals surface area contributed by atoms with Crippen molar-refractivity contribution in [2.45, 2.75) is 26.2 Å². The normalized spacial score (nSPS) is 27.3. The fourth-order valence-corrected chi connectivity index (χ4v) is 3.26. The van der Waals surface area contributed by atoms with Crippen LogP contribution in [0.25, 0.3) is 0 Å². The van der Waals surface area contributed by atoms with Crippen LogP contribution in [-0.4, -0.2) is 62.2 Å². The van der Waals surface area contributed by atoms with E-state index in [1.54, 1.807) is 0 Å². The van der Waals surface area contributed by atoms with E-state index in [0.29, 0.717) is 0 Å². The lowest BCUT2D eigenvalue weighted by Crippen LogP contribution is -2.44. The zero-order valence-corrected chi connectivity index (χ0v) is 12.0. The van der Waals surface area contributed by atoms with Gasteiger partial charge in [0.1, 0.15) is 0 Å². The summed E-state index contributed by atoms with van der Waals surface area (Å²) in [7, 11) is 0. The number of nitrogens with one attached hydrogen (secondary N) is 1. The minimum Gasteiger partial charge on any atom is -0.314 e. The van der Waals surface area contributed by atoms with E-state index in [-0.39, 0.29) is 0 Å². The van der Waals surface area contributed by atoms with Crippen molar-refractivity contribution in [3.05, 3.63) is 12.2 Å². The van der Waals surface area contributed by atoms with E-state index in [2.05, 4.69) is 28.6 Å². The molecule has 0 bridgehead atoms. The van der Waals surface area contributed by atoms with Crippen LogP contribution in [0.5, 0.6) is 0 Å². The molecule has 0 saturated carbocycles. The Hall–Kier alpha value is -0.380. The zero-order chi connectivity index (χ0) is 12.8. The van der Waals surface area contributed by atoms with Gasteiger partial charge in [-0.3, -0.25) is 4.90 Å². The summed E-state index contributed by atoms with van der Waals surface area (Å²) in [4.78, 5) is 5.13. The van der Waals surface area contributed by atoms with Gasteiger partial charge in [-0.1, -0.05) is 19.1 Å². The summed E-state index contributed by atoms with van der Waals surface area (Å²) >= 11 is 0. The Balaban J connectivity index is 1.69. The highest BCUT2D eigenvalue weighted by molar-refractivity contribution is 5.00. The minimum absolute atomic E-state index is 0.856. The number of nitrogens with zero attached hydrogens (tertiary/aromatic N) is 2. The summed E-state index contributed by atoms with van der Waals surface area (Å²) < 4.78 is 0. The van der Waals surface area contributed by atoms with Crippen LogP contribution in [0.3, 0.4) is 0 Å². The highest BCUT2D eigenvalue weighted by Gasteiger charge is 2.20. The first-order valence-electron chi connectivity index (χ1n) is 7.60. The molecule has 0 aliphatic carbocycles. The Morgan fingerprint density at radius 3 is 2.72 bits per heavy atom. The van der Waals surface area contributed by atoms with Gasteiger partial charge in [0.15, 0.2) is 0 Å². The molecule has 3 nitrogen and oxygen atoms in total. The Morgan fingerprint density at radius 1 is 1.22 bits per heavy atom. The van der Waals surface area contributed by atoms with E-state index in [9.17, 15) is 0 Å². The van der Waals surface area contributed by atoms with Crippen LogP contribution in [0.1, 0.15) is 26.2 Å². The van der Waals surface area contributed by atoms with Gasteiger partial charge in [-0.05, 0) is 38.3 Å². The summed E-state index contributed by atoms with van der Waals surface area (Å²) in [6.45, 7) is 16.2. The number of hydrogen-bond donors (Lipinski definition) is 1. The fraction of sp³-hybridized carbons (Fsp3) is 0.867. The van der Waals surface area contributed by atoms with Crippen LogP contribution in [0.4, 0.5) is 0 Å². The molecule has 2 saturated heterocycles. The van der Waals surface area contributed by atoms with E-state index in [1.807, 2.05) is 0 Å². The third kappa shape index (κ3) is 4.38. The van der Waals surface area contributed by atoms with Crippen molar-refractivity contribution < 1.29 is 0 Å². The predicted octanol–water partition coefficient (Wildman–Crippen LogP) is 1.57. The average molecular weight is 251 g/mol. The molecule has 0 aromatic rings. The summed E-state index contributed by atoms with van der Waals surface area (Å²) in [5.41, 5.74) is 1.44. The van der Waals surface area contributed by atoms with E-state index < -0.39 is 0 Å². The molecular weight excluding hydrogens is 222 g/mol. The molecule has 2 fully saturated rings. The molecule has 0 spiro atoms. The van der Waals surface area contributed by atoms with E-state index in [0.717, 1.165) is 25.6 Å². The maximum atomic E-state index is 4.31. The van der Waals surface area contributed by atoms with Gasteiger partial charge < -0.3 is 10.2 Å². The summed E-state index contributed by atoms with van der Waals surface area (Å²) in [6, 6.07) is 0. The third-order valence-electron chi connectivity index (χ3n) is 4.28. The minimum atomic E-state index is 0.856. The Labute approximate surface area is 112 Å². The molecule has 0 radical (unpaired) electrons. The Kier molecular flexibility index (Phi) is 5.67. The molecule has 3 heteroatoms. The van der Waals surface area contributed by atoms with Crippen LogP contribution in [0.2, 0.25) is 0 Å². The van der Waals surface area contributed by atoms with Crippen molar-refractivity contribution in [2.24, 2.45) is 5.92 Å². The van der Waals surface area contributed by atoms with Crippen LogP contribution >= 0.6 is 0 Å². The van der Waals surface area contributed by atoms with Crippen molar-refractivity contribution in [3.63, 3.8) is 0 Å². The van der Waals surface area contributed by atoms with Crippen LogP contribution in [-0.2, 0) is 0 Å². The molecule has 104 valence electrons. The maximum absolute atomic E-state index is 4.31. The molecule has 2 aliphatic heterocycles. The largest absolute Gasteiger partial charge is 0.314 e. The SMILES string of the molecule is C=C(CC1CCCN(CC)C1)CN1CCNCC1. The standard InChI is InChI=1S/C15H29N3/c1-3-17-8-4-5-15(13-17)11-14(2)12-18-9-6-16-7-10-18/h15-16H,2-13H2,1H3. The van der Waals surface area contributed by atoms with Gasteiger partial charge in [0.25, 0.3) is 0 Å². The first kappa shape index (κ1) is 14.0. The predicted molar refractivity (Wildman–Crippen MR) is 77.9 cm³/mol. The molecular formula is C15H29N3. The molecule has 0 aromatic heterocycles. The average Bonchev–Trinajstić information content (AvgIpc) is 2.40. The molecule has 1 N–H and O–H groups in total. The lowest BCUT2D eigenvalue weighted by Gasteiger charge is -2.33. The van der Waals surface area contributed by atoms with Crippen molar-refractivity contribution >= 4 is 0 Å². The number of piperazine rings is 1. The van der Waals surface area contributed by atoms with Crippen LogP contribution in [0.15, 0.2) is 12.2 Å². The number of likely N-dealkylation sites (tertiary alicyclic amines) is 1. The van der Waals surface area contributed by atoms with E-state index in [1.165, 1.54) is 57.6 Å². The zero-order valence-electron chi connectivity index (χ0n) is 12.0. The quantitative estimate of drug-likeness (QED) is 0.748. The highest BCUT2D eigenvalue weighted by atomic mass is 15.2. The number of hydrogen-bond acceptors (Lipinski definition) is 3. The molecule has 2 rings (SSSR count). The van der Waals surface area contributed by atoms with Crippen LogP contribution < -0.4 is 5.32 Å². The first-order chi connectivity index (χ1) is 8.78. The van der Waals surface area contributed by atoms with Crippen molar-refractivity contribution in [1.29, 1.82) is 0 Å². The van der Waals surface area contributed by atoms with Crippen molar-refractivity contribution in [2.75, 3.05) is 52.4 Å². The van der Waals surface area contributed by atoms with E-state index >= 15 is 0 Å². The molecule has 2 aliphatic rings. The van der Waals surface area contributed by atoms with Gasteiger partial charge in [-0.2, -0.15) is 0 Å². The second-order valence-electron chi connectivity index (χ2n) is 5.88. The van der Waals surface area contributed by atoms with Gasteiger partial charge in [-0.25, -0.2) is 0 Å². The van der Waals surface area contributed by atoms with Crippen LogP contribution in [0, 0.1) is 5.92 Å². The molecule has 1 unspecified atom stereocenters. The molecule has 0 aromatic carbocycles. The summed E-state index contributed by atoms with van der Waals surface area (Å²) in [5, 5.41) is 3.40. The number of rotatable bonds is 5. The molecule has 2 heterocycles. The van der Waals surface area contributed by atoms with Gasteiger partial charge in [0.05, 0.1) is 0 Å². The lowest BCUT2D eigenvalue weighted by molar-refractivity contribution is 0.178. The van der Waals surface area contributed by atoms with E-state index in [4.69, 9.17) is 0 Å². The molecule has 18 heavy (non-hydrogen) atoms. The Morgan fingerprint density at radius 2 is 2.00 bits per heavy atom. The van der Waals surface area contributed by atoms with Crippen molar-refractivity contribution in [3.8, 4) is 0 Å². The summed E-state index contributed by atoms with van der Waals surface area (Å²) in [6.07, 6.45) is 4.01. The second kappa shape index (κ2) is 7.27. The fourth-order valence-electron chi connectivity index (χ4n) is 3.26. The van der Waals surface area contributed by atoms with Gasteiger partial charge in [0, 0.05) is 39.3 Å². The third-order valence-corrected chi connectivity index (χ3v) is 4.28. The van der Waals surface area contributed by atoms with Crippen molar-refractivity contribution in [1.82, 2.24) is 15.1 Å². The monoisotopic (exact) mass is 251 g/mol. The lowest BCUT2D eigenvalue weighted by atomic mass is 9.91.